The van der Waals surface area contributed by atoms with Crippen molar-refractivity contribution >= 4 is 34.4 Å². The number of guanidine groups is 1. The maximum absolute atomic E-state index is 13.6. The monoisotopic (exact) mass is 517 g/mol. The highest BCUT2D eigenvalue weighted by atomic mass is 32.1. The van der Waals surface area contributed by atoms with Crippen LogP contribution < -0.4 is 19.3 Å². The topological polar surface area (TPSA) is 53.4 Å². The summed E-state index contributed by atoms with van der Waals surface area (Å²) in [4.78, 5) is 16.3. The molecule has 2 aliphatic heterocycles. The first-order chi connectivity index (χ1) is 17.3. The van der Waals surface area contributed by atoms with E-state index in [1.807, 2.05) is 28.5 Å². The molecule has 1 atom stereocenters. The molecule has 0 amide bonds. The van der Waals surface area contributed by atoms with Crippen molar-refractivity contribution in [1.29, 1.82) is 0 Å². The van der Waals surface area contributed by atoms with Crippen molar-refractivity contribution in [3.63, 3.8) is 0 Å². The van der Waals surface area contributed by atoms with Crippen LogP contribution in [0.2, 0.25) is 0 Å². The Balaban J connectivity index is 1.49. The summed E-state index contributed by atoms with van der Waals surface area (Å²) in [6.07, 6.45) is -2.74. The summed E-state index contributed by atoms with van der Waals surface area (Å²) in [5.41, 5.74) is 1.49. The summed E-state index contributed by atoms with van der Waals surface area (Å²) < 4.78 is 51.6. The number of halogens is 3. The van der Waals surface area contributed by atoms with Crippen LogP contribution in [-0.2, 0) is 12.7 Å². The number of anilines is 2. The Hall–Kier alpha value is -3.47. The molecule has 36 heavy (non-hydrogen) atoms. The van der Waals surface area contributed by atoms with Crippen LogP contribution in [0.4, 0.5) is 30.2 Å². The maximum atomic E-state index is 13.6. The molecule has 2 aliphatic rings. The summed E-state index contributed by atoms with van der Waals surface area (Å²) in [6, 6.07) is 9.48. The number of aliphatic imine (C=N–C) groups is 1. The zero-order valence-corrected chi connectivity index (χ0v) is 20.9. The van der Waals surface area contributed by atoms with E-state index >= 15 is 0 Å². The Morgan fingerprint density at radius 2 is 1.89 bits per heavy atom. The molecular formula is C25H26F3N5O2S. The van der Waals surface area contributed by atoms with Gasteiger partial charge in [0.25, 0.3) is 0 Å². The van der Waals surface area contributed by atoms with Gasteiger partial charge in [0.15, 0.2) is 0 Å². The second-order valence-corrected chi connectivity index (χ2v) is 9.66. The minimum absolute atomic E-state index is 0.114. The summed E-state index contributed by atoms with van der Waals surface area (Å²) >= 11 is 1.54. The average molecular weight is 518 g/mol. The second-order valence-electron chi connectivity index (χ2n) is 8.66. The number of rotatable bonds is 4. The van der Waals surface area contributed by atoms with E-state index in [2.05, 4.69) is 21.7 Å². The SMILES string of the molecule is COc1cc(N2CCN(C3=Nc4ccsc4CN3c3cc(C(F)(F)F)ccc3OC)CC2C)ccn1. The number of piperazine rings is 1. The smallest absolute Gasteiger partial charge is 0.416 e. The van der Waals surface area contributed by atoms with Gasteiger partial charge in [-0.3, -0.25) is 0 Å². The Bertz CT molecular complexity index is 1280. The van der Waals surface area contributed by atoms with Gasteiger partial charge in [0.2, 0.25) is 11.8 Å². The van der Waals surface area contributed by atoms with Crippen molar-refractivity contribution in [2.45, 2.75) is 25.7 Å². The fourth-order valence-corrected chi connectivity index (χ4v) is 5.46. The number of ether oxygens (including phenoxy) is 2. The molecular weight excluding hydrogens is 491 g/mol. The van der Waals surface area contributed by atoms with Crippen molar-refractivity contribution in [3.05, 3.63) is 58.4 Å². The third-order valence-corrected chi connectivity index (χ3v) is 7.35. The molecule has 0 aliphatic carbocycles. The highest BCUT2D eigenvalue weighted by Gasteiger charge is 2.36. The van der Waals surface area contributed by atoms with Gasteiger partial charge < -0.3 is 24.2 Å². The third-order valence-electron chi connectivity index (χ3n) is 6.45. The van der Waals surface area contributed by atoms with Crippen molar-refractivity contribution in [1.82, 2.24) is 9.88 Å². The molecule has 1 fully saturated rings. The van der Waals surface area contributed by atoms with Gasteiger partial charge in [0, 0.05) is 43.6 Å². The van der Waals surface area contributed by atoms with Gasteiger partial charge in [-0.1, -0.05) is 0 Å². The Kier molecular flexibility index (Phi) is 6.42. The molecule has 11 heteroatoms. The highest BCUT2D eigenvalue weighted by Crippen LogP contribution is 2.41. The number of thiophene rings is 1. The van der Waals surface area contributed by atoms with Crippen LogP contribution in [0.15, 0.2) is 53.0 Å². The first-order valence-electron chi connectivity index (χ1n) is 11.5. The number of alkyl halides is 3. The van der Waals surface area contributed by atoms with Crippen LogP contribution in [0.5, 0.6) is 11.6 Å². The van der Waals surface area contributed by atoms with Gasteiger partial charge in [-0.2, -0.15) is 13.2 Å². The van der Waals surface area contributed by atoms with Gasteiger partial charge in [-0.25, -0.2) is 9.98 Å². The predicted molar refractivity (Wildman–Crippen MR) is 135 cm³/mol. The van der Waals surface area contributed by atoms with Gasteiger partial charge in [0.1, 0.15) is 5.75 Å². The Morgan fingerprint density at radius 3 is 2.61 bits per heavy atom. The molecule has 3 aromatic rings. The zero-order valence-electron chi connectivity index (χ0n) is 20.1. The lowest BCUT2D eigenvalue weighted by molar-refractivity contribution is -0.137. The molecule has 1 saturated heterocycles. The molecule has 0 spiro atoms. The van der Waals surface area contributed by atoms with Gasteiger partial charge >= 0.3 is 6.18 Å². The van der Waals surface area contributed by atoms with Crippen LogP contribution >= 0.6 is 11.3 Å². The van der Waals surface area contributed by atoms with E-state index in [0.29, 0.717) is 49.5 Å². The molecule has 1 aromatic carbocycles. The minimum atomic E-state index is -4.46. The molecule has 0 bridgehead atoms. The van der Waals surface area contributed by atoms with Crippen molar-refractivity contribution in [2.75, 3.05) is 43.7 Å². The quantitative estimate of drug-likeness (QED) is 0.462. The largest absolute Gasteiger partial charge is 0.495 e. The van der Waals surface area contributed by atoms with E-state index in [-0.39, 0.29) is 6.04 Å². The maximum Gasteiger partial charge on any atom is 0.416 e. The molecule has 0 N–H and O–H groups in total. The summed E-state index contributed by atoms with van der Waals surface area (Å²) in [7, 11) is 3.05. The van der Waals surface area contributed by atoms with Crippen LogP contribution in [0.25, 0.3) is 0 Å². The number of nitrogens with zero attached hydrogens (tertiary/aromatic N) is 5. The lowest BCUT2D eigenvalue weighted by Crippen LogP contribution is -2.57. The standard InChI is InChI=1S/C25H26F3N5O2S/c1-16-14-31(9-10-32(16)18-6-8-29-23(13-18)35-3)24-30-19-7-11-36-22(19)15-33(24)20-12-17(25(26,27)28)4-5-21(20)34-2/h4-8,11-13,16H,9-10,14-15H2,1-3H3. The van der Waals surface area contributed by atoms with E-state index in [1.165, 1.54) is 13.2 Å². The summed E-state index contributed by atoms with van der Waals surface area (Å²) in [5, 5.41) is 1.95. The lowest BCUT2D eigenvalue weighted by atomic mass is 10.1. The zero-order chi connectivity index (χ0) is 25.4. The molecule has 4 heterocycles. The molecule has 5 rings (SSSR count). The third kappa shape index (κ3) is 4.55. The fraction of sp³-hybridized carbons (Fsp3) is 0.360. The number of methoxy groups -OCH3 is 2. The normalized spacial score (nSPS) is 18.1. The molecule has 190 valence electrons. The van der Waals surface area contributed by atoms with E-state index in [4.69, 9.17) is 14.5 Å². The molecule has 2 aromatic heterocycles. The number of aromatic nitrogens is 1. The van der Waals surface area contributed by atoms with E-state index in [0.717, 1.165) is 28.4 Å². The van der Waals surface area contributed by atoms with Crippen LogP contribution in [0, 0.1) is 0 Å². The number of pyridine rings is 1. The molecule has 0 saturated carbocycles. The first-order valence-corrected chi connectivity index (χ1v) is 12.4. The van der Waals surface area contributed by atoms with E-state index < -0.39 is 11.7 Å². The Labute approximate surface area is 211 Å². The van der Waals surface area contributed by atoms with Crippen LogP contribution in [0.1, 0.15) is 17.4 Å². The lowest BCUT2D eigenvalue weighted by Gasteiger charge is -2.45. The predicted octanol–water partition coefficient (Wildman–Crippen LogP) is 5.40. The van der Waals surface area contributed by atoms with Crippen LogP contribution in [0.3, 0.4) is 0 Å². The van der Waals surface area contributed by atoms with Gasteiger partial charge in [-0.05, 0) is 42.6 Å². The van der Waals surface area contributed by atoms with Gasteiger partial charge in [0.05, 0.1) is 42.6 Å². The average Bonchev–Trinajstić information content (AvgIpc) is 3.34. The summed E-state index contributed by atoms with van der Waals surface area (Å²) in [6.45, 7) is 4.52. The molecule has 7 nitrogen and oxygen atoms in total. The van der Waals surface area contributed by atoms with E-state index in [9.17, 15) is 13.2 Å². The Morgan fingerprint density at radius 1 is 1.06 bits per heavy atom. The highest BCUT2D eigenvalue weighted by molar-refractivity contribution is 7.10. The minimum Gasteiger partial charge on any atom is -0.495 e. The number of hydrogen-bond acceptors (Lipinski definition) is 8. The van der Waals surface area contributed by atoms with Crippen molar-refractivity contribution in [3.8, 4) is 11.6 Å². The molecule has 1 unspecified atom stereocenters. The molecule has 0 radical (unpaired) electrons. The summed E-state index contributed by atoms with van der Waals surface area (Å²) in [5.74, 6) is 1.54. The number of hydrogen-bond donors (Lipinski definition) is 0. The number of fused-ring (bicyclic) bond motifs is 1. The van der Waals surface area contributed by atoms with Crippen molar-refractivity contribution in [2.24, 2.45) is 4.99 Å². The van der Waals surface area contributed by atoms with Crippen molar-refractivity contribution < 1.29 is 22.6 Å². The van der Waals surface area contributed by atoms with E-state index in [1.54, 1.807) is 24.6 Å². The first kappa shape index (κ1) is 24.2. The number of benzene rings is 1. The fourth-order valence-electron chi connectivity index (χ4n) is 4.66. The van der Waals surface area contributed by atoms with Gasteiger partial charge in [-0.15, -0.1) is 11.3 Å². The van der Waals surface area contributed by atoms with Crippen LogP contribution in [-0.4, -0.2) is 55.7 Å². The second kappa shape index (κ2) is 9.53.